The van der Waals surface area contributed by atoms with E-state index in [1.54, 1.807) is 7.11 Å². The predicted octanol–water partition coefficient (Wildman–Crippen LogP) is 0.657. The van der Waals surface area contributed by atoms with Crippen molar-refractivity contribution in [1.29, 1.82) is 0 Å². The maximum Gasteiger partial charge on any atom is 0.119 e. The molecule has 1 aromatic heterocycles. The molecule has 1 aromatic carbocycles. The first-order chi connectivity index (χ1) is 10.6. The fourth-order valence-electron chi connectivity index (χ4n) is 2.81. The minimum atomic E-state index is -0.753. The molecule has 2 heterocycles. The summed E-state index contributed by atoms with van der Waals surface area (Å²) in [6.07, 6.45) is -1.46. The maximum atomic E-state index is 9.90. The number of fused-ring (bicyclic) bond motifs is 1. The Kier molecular flexibility index (Phi) is 4.15. The molecule has 0 saturated carbocycles. The van der Waals surface area contributed by atoms with Gasteiger partial charge in [-0.3, -0.25) is 4.98 Å². The lowest BCUT2D eigenvalue weighted by molar-refractivity contribution is 0.0427. The van der Waals surface area contributed by atoms with Gasteiger partial charge in [-0.05, 0) is 31.2 Å². The van der Waals surface area contributed by atoms with Crippen LogP contribution in [0.5, 0.6) is 5.75 Å². The third-order valence-electron chi connectivity index (χ3n) is 4.05. The van der Waals surface area contributed by atoms with E-state index in [1.807, 2.05) is 31.2 Å². The number of nitrogens with zero attached hydrogens (tertiary/aromatic N) is 1. The standard InChI is InChI=1S/C16H21N3O3/c1-9-5-13(17-7-14-16(21)15(20)8-18-14)11-6-10(22-2)3-4-12(11)19-9/h3-6,14-16,18,20-21H,7-8H2,1-2H3,(H,17,19)/t14-,15+,16-/m1/s1. The van der Waals surface area contributed by atoms with E-state index in [-0.39, 0.29) is 6.04 Å². The van der Waals surface area contributed by atoms with E-state index in [4.69, 9.17) is 4.74 Å². The summed E-state index contributed by atoms with van der Waals surface area (Å²) in [5.41, 5.74) is 2.75. The molecule has 6 nitrogen and oxygen atoms in total. The molecule has 0 spiro atoms. The minimum Gasteiger partial charge on any atom is -0.497 e. The predicted molar refractivity (Wildman–Crippen MR) is 85.3 cm³/mol. The fourth-order valence-corrected chi connectivity index (χ4v) is 2.81. The molecule has 0 radical (unpaired) electrons. The summed E-state index contributed by atoms with van der Waals surface area (Å²) in [6, 6.07) is 7.55. The fraction of sp³-hybridized carbons (Fsp3) is 0.438. The number of hydrogen-bond donors (Lipinski definition) is 4. The number of hydrogen-bond acceptors (Lipinski definition) is 6. The molecule has 4 N–H and O–H groups in total. The number of aliphatic hydroxyl groups excluding tert-OH is 2. The summed E-state index contributed by atoms with van der Waals surface area (Å²) >= 11 is 0. The number of pyridine rings is 1. The lowest BCUT2D eigenvalue weighted by atomic mass is 10.1. The molecule has 0 amide bonds. The molecule has 1 aliphatic heterocycles. The van der Waals surface area contributed by atoms with Crippen molar-refractivity contribution in [3.8, 4) is 5.75 Å². The van der Waals surface area contributed by atoms with Gasteiger partial charge in [0.25, 0.3) is 0 Å². The molecule has 0 aliphatic carbocycles. The van der Waals surface area contributed by atoms with Crippen molar-refractivity contribution < 1.29 is 14.9 Å². The van der Waals surface area contributed by atoms with Crippen LogP contribution in [0.15, 0.2) is 24.3 Å². The molecule has 2 aromatic rings. The summed E-state index contributed by atoms with van der Waals surface area (Å²) in [4.78, 5) is 4.52. The Morgan fingerprint density at radius 1 is 1.36 bits per heavy atom. The van der Waals surface area contributed by atoms with Crippen molar-refractivity contribution in [2.24, 2.45) is 0 Å². The topological polar surface area (TPSA) is 86.6 Å². The minimum absolute atomic E-state index is 0.177. The second-order valence-corrected chi connectivity index (χ2v) is 5.65. The molecule has 3 atom stereocenters. The van der Waals surface area contributed by atoms with E-state index in [0.717, 1.165) is 28.0 Å². The molecular weight excluding hydrogens is 282 g/mol. The average Bonchev–Trinajstić information content (AvgIpc) is 2.83. The molecule has 0 bridgehead atoms. The van der Waals surface area contributed by atoms with Gasteiger partial charge in [-0.15, -0.1) is 0 Å². The van der Waals surface area contributed by atoms with E-state index in [9.17, 15) is 10.2 Å². The molecule has 1 aliphatic rings. The summed E-state index contributed by atoms with van der Waals surface area (Å²) in [5, 5.41) is 26.9. The molecule has 0 unspecified atom stereocenters. The van der Waals surface area contributed by atoms with Gasteiger partial charge in [0.05, 0.1) is 30.9 Å². The zero-order valence-electron chi connectivity index (χ0n) is 12.7. The zero-order valence-corrected chi connectivity index (χ0v) is 12.7. The lowest BCUT2D eigenvalue weighted by Crippen LogP contribution is -2.38. The van der Waals surface area contributed by atoms with Crippen LogP contribution in [0.4, 0.5) is 5.69 Å². The third-order valence-corrected chi connectivity index (χ3v) is 4.05. The molecule has 22 heavy (non-hydrogen) atoms. The summed E-state index contributed by atoms with van der Waals surface area (Å²) < 4.78 is 5.28. The molecule has 1 saturated heterocycles. The van der Waals surface area contributed by atoms with Crippen LogP contribution in [-0.4, -0.2) is 53.6 Å². The number of benzene rings is 1. The number of aliphatic hydroxyl groups is 2. The van der Waals surface area contributed by atoms with Gasteiger partial charge in [-0.25, -0.2) is 0 Å². The summed E-state index contributed by atoms with van der Waals surface area (Å²) in [5.74, 6) is 0.774. The molecule has 1 fully saturated rings. The number of aromatic nitrogens is 1. The molecule has 118 valence electrons. The monoisotopic (exact) mass is 303 g/mol. The summed E-state index contributed by atoms with van der Waals surface area (Å²) in [6.45, 7) is 2.88. The number of β-amino-alcohol motifs (C(OH)–C–C–N with tert-alkyl or cyclic N) is 1. The highest BCUT2D eigenvalue weighted by atomic mass is 16.5. The van der Waals surface area contributed by atoms with E-state index >= 15 is 0 Å². The second kappa shape index (κ2) is 6.08. The number of aryl methyl sites for hydroxylation is 1. The molecular formula is C16H21N3O3. The van der Waals surface area contributed by atoms with Crippen molar-refractivity contribution in [3.63, 3.8) is 0 Å². The number of methoxy groups -OCH3 is 1. The maximum absolute atomic E-state index is 9.90. The van der Waals surface area contributed by atoms with Gasteiger partial charge in [0.1, 0.15) is 5.75 Å². The van der Waals surface area contributed by atoms with Crippen LogP contribution < -0.4 is 15.4 Å². The number of rotatable bonds is 4. The Morgan fingerprint density at radius 3 is 2.86 bits per heavy atom. The Morgan fingerprint density at radius 2 is 2.18 bits per heavy atom. The molecule has 6 heteroatoms. The quantitative estimate of drug-likeness (QED) is 0.664. The average molecular weight is 303 g/mol. The first kappa shape index (κ1) is 15.0. The first-order valence-corrected chi connectivity index (χ1v) is 7.37. The van der Waals surface area contributed by atoms with Crippen molar-refractivity contribution >= 4 is 16.6 Å². The van der Waals surface area contributed by atoms with Gasteiger partial charge in [0.2, 0.25) is 0 Å². The molecule has 3 rings (SSSR count). The number of ether oxygens (including phenoxy) is 1. The highest BCUT2D eigenvalue weighted by Crippen LogP contribution is 2.27. The van der Waals surface area contributed by atoms with Crippen molar-refractivity contribution in [2.75, 3.05) is 25.5 Å². The largest absolute Gasteiger partial charge is 0.497 e. The van der Waals surface area contributed by atoms with E-state index in [0.29, 0.717) is 13.1 Å². The van der Waals surface area contributed by atoms with Crippen LogP contribution in [0.25, 0.3) is 10.9 Å². The van der Waals surface area contributed by atoms with Gasteiger partial charge in [-0.1, -0.05) is 0 Å². The van der Waals surface area contributed by atoms with Crippen molar-refractivity contribution in [3.05, 3.63) is 30.0 Å². The van der Waals surface area contributed by atoms with Crippen LogP contribution in [-0.2, 0) is 0 Å². The van der Waals surface area contributed by atoms with Gasteiger partial charge in [0.15, 0.2) is 0 Å². The summed E-state index contributed by atoms with van der Waals surface area (Å²) in [7, 11) is 1.64. The number of anilines is 1. The highest BCUT2D eigenvalue weighted by Gasteiger charge is 2.32. The SMILES string of the molecule is COc1ccc2nc(C)cc(NC[C@H]3NC[C@H](O)[C@@H]3O)c2c1. The zero-order chi connectivity index (χ0) is 15.7. The van der Waals surface area contributed by atoms with Crippen LogP contribution in [0.2, 0.25) is 0 Å². The van der Waals surface area contributed by atoms with Gasteiger partial charge >= 0.3 is 0 Å². The smallest absolute Gasteiger partial charge is 0.119 e. The van der Waals surface area contributed by atoms with Gasteiger partial charge in [0, 0.05) is 29.9 Å². The van der Waals surface area contributed by atoms with Crippen molar-refractivity contribution in [1.82, 2.24) is 10.3 Å². The lowest BCUT2D eigenvalue weighted by Gasteiger charge is -2.18. The van der Waals surface area contributed by atoms with E-state index < -0.39 is 12.2 Å². The van der Waals surface area contributed by atoms with Crippen LogP contribution in [0, 0.1) is 6.92 Å². The van der Waals surface area contributed by atoms with Crippen LogP contribution in [0.3, 0.4) is 0 Å². The highest BCUT2D eigenvalue weighted by molar-refractivity contribution is 5.92. The number of nitrogens with one attached hydrogen (secondary N) is 2. The first-order valence-electron chi connectivity index (χ1n) is 7.37. The van der Waals surface area contributed by atoms with Gasteiger partial charge in [-0.2, -0.15) is 0 Å². The van der Waals surface area contributed by atoms with Crippen LogP contribution in [0.1, 0.15) is 5.69 Å². The Balaban J connectivity index is 1.86. The Bertz CT molecular complexity index is 677. The third kappa shape index (κ3) is 2.85. The normalized spacial score (nSPS) is 24.6. The van der Waals surface area contributed by atoms with E-state index in [1.165, 1.54) is 0 Å². The second-order valence-electron chi connectivity index (χ2n) is 5.65. The Labute approximate surface area is 129 Å². The van der Waals surface area contributed by atoms with Crippen molar-refractivity contribution in [2.45, 2.75) is 25.2 Å². The van der Waals surface area contributed by atoms with Gasteiger partial charge < -0.3 is 25.6 Å². The van der Waals surface area contributed by atoms with Crippen LogP contribution >= 0.6 is 0 Å². The van der Waals surface area contributed by atoms with E-state index in [2.05, 4.69) is 15.6 Å². The Hall–Kier alpha value is -1.89.